The second kappa shape index (κ2) is 3.80. The number of nitrogens with zero attached hydrogens (tertiary/aromatic N) is 2. The number of rotatable bonds is 1. The van der Waals surface area contributed by atoms with Crippen LogP contribution in [0.3, 0.4) is 0 Å². The van der Waals surface area contributed by atoms with Gasteiger partial charge in [-0.05, 0) is 29.7 Å². The molecule has 0 spiro atoms. The molecular weight excluding hydrogens is 180 g/mol. The molecule has 0 aromatic carbocycles. The molecule has 3 heteroatoms. The Morgan fingerprint density at radius 3 is 3.23 bits per heavy atom. The van der Waals surface area contributed by atoms with Crippen molar-refractivity contribution in [2.75, 3.05) is 11.5 Å². The van der Waals surface area contributed by atoms with Crippen LogP contribution in [0.5, 0.6) is 0 Å². The van der Waals surface area contributed by atoms with Gasteiger partial charge in [0, 0.05) is 18.1 Å². The Morgan fingerprint density at radius 1 is 1.62 bits per heavy atom. The van der Waals surface area contributed by atoms with Gasteiger partial charge in [0.15, 0.2) is 0 Å². The first-order valence-electron chi connectivity index (χ1n) is 4.33. The summed E-state index contributed by atoms with van der Waals surface area (Å²) in [6, 6.07) is 4.18. The summed E-state index contributed by atoms with van der Waals surface area (Å²) >= 11 is 1.97. The molecule has 1 aliphatic heterocycles. The molecule has 2 nitrogen and oxygen atoms in total. The van der Waals surface area contributed by atoms with Crippen LogP contribution < -0.4 is 0 Å². The van der Waals surface area contributed by atoms with E-state index in [0.29, 0.717) is 5.92 Å². The van der Waals surface area contributed by atoms with Crippen LogP contribution in [0.1, 0.15) is 23.5 Å². The lowest BCUT2D eigenvalue weighted by Crippen LogP contribution is -1.99. The van der Waals surface area contributed by atoms with Gasteiger partial charge in [0.2, 0.25) is 0 Å². The molecule has 0 aliphatic carbocycles. The summed E-state index contributed by atoms with van der Waals surface area (Å²) in [7, 11) is 0. The van der Waals surface area contributed by atoms with E-state index in [1.165, 1.54) is 17.7 Å². The van der Waals surface area contributed by atoms with Gasteiger partial charge >= 0.3 is 0 Å². The molecule has 1 saturated heterocycles. The van der Waals surface area contributed by atoms with Crippen LogP contribution in [0.15, 0.2) is 18.5 Å². The van der Waals surface area contributed by atoms with Crippen molar-refractivity contribution in [2.24, 2.45) is 0 Å². The van der Waals surface area contributed by atoms with Gasteiger partial charge in [0.25, 0.3) is 0 Å². The molecule has 0 saturated carbocycles. The minimum atomic E-state index is 0.572. The molecular formula is C10H10N2S. The maximum atomic E-state index is 8.88. The van der Waals surface area contributed by atoms with Gasteiger partial charge in [-0.25, -0.2) is 0 Å². The zero-order valence-electron chi connectivity index (χ0n) is 7.23. The zero-order valence-corrected chi connectivity index (χ0v) is 8.05. The van der Waals surface area contributed by atoms with Crippen molar-refractivity contribution in [3.05, 3.63) is 29.6 Å². The number of aromatic nitrogens is 1. The second-order valence-electron chi connectivity index (χ2n) is 3.14. The molecule has 13 heavy (non-hydrogen) atoms. The molecule has 1 aromatic heterocycles. The first-order chi connectivity index (χ1) is 6.42. The number of pyridine rings is 1. The lowest BCUT2D eigenvalue weighted by atomic mass is 9.96. The standard InChI is InChI=1S/C10H10N2S/c11-5-9-6-12-3-1-10(9)8-2-4-13-7-8/h1,3,6,8H,2,4,7H2. The number of hydrogen-bond donors (Lipinski definition) is 0. The van der Waals surface area contributed by atoms with Gasteiger partial charge in [-0.2, -0.15) is 17.0 Å². The lowest BCUT2D eigenvalue weighted by molar-refractivity contribution is 0.777. The van der Waals surface area contributed by atoms with Gasteiger partial charge in [-0.15, -0.1) is 0 Å². The maximum absolute atomic E-state index is 8.88. The molecule has 0 amide bonds. The molecule has 1 aromatic rings. The van der Waals surface area contributed by atoms with Crippen molar-refractivity contribution in [2.45, 2.75) is 12.3 Å². The molecule has 2 heterocycles. The maximum Gasteiger partial charge on any atom is 0.101 e. The van der Waals surface area contributed by atoms with Gasteiger partial charge in [0.1, 0.15) is 6.07 Å². The highest BCUT2D eigenvalue weighted by molar-refractivity contribution is 7.99. The molecule has 1 unspecified atom stereocenters. The van der Waals surface area contributed by atoms with Crippen LogP contribution in [-0.2, 0) is 0 Å². The van der Waals surface area contributed by atoms with Crippen molar-refractivity contribution < 1.29 is 0 Å². The van der Waals surface area contributed by atoms with E-state index in [1.807, 2.05) is 17.8 Å². The molecule has 1 fully saturated rings. The van der Waals surface area contributed by atoms with Crippen LogP contribution in [0.2, 0.25) is 0 Å². The van der Waals surface area contributed by atoms with Gasteiger partial charge in [-0.1, -0.05) is 0 Å². The van der Waals surface area contributed by atoms with E-state index in [9.17, 15) is 0 Å². The first-order valence-corrected chi connectivity index (χ1v) is 5.49. The number of nitriles is 1. The van der Waals surface area contributed by atoms with Gasteiger partial charge < -0.3 is 0 Å². The van der Waals surface area contributed by atoms with E-state index in [2.05, 4.69) is 11.1 Å². The van der Waals surface area contributed by atoms with Crippen LogP contribution in [0.25, 0.3) is 0 Å². The zero-order chi connectivity index (χ0) is 9.10. The summed E-state index contributed by atoms with van der Waals surface area (Å²) in [4.78, 5) is 3.96. The van der Waals surface area contributed by atoms with Crippen LogP contribution >= 0.6 is 11.8 Å². The van der Waals surface area contributed by atoms with E-state index in [0.717, 1.165) is 11.3 Å². The number of thioether (sulfide) groups is 1. The summed E-state index contributed by atoms with van der Waals surface area (Å²) in [6.45, 7) is 0. The third kappa shape index (κ3) is 1.68. The van der Waals surface area contributed by atoms with Crippen LogP contribution in [0.4, 0.5) is 0 Å². The second-order valence-corrected chi connectivity index (χ2v) is 4.29. The fraction of sp³-hybridized carbons (Fsp3) is 0.400. The Hall–Kier alpha value is -1.01. The predicted octanol–water partition coefficient (Wildman–Crippen LogP) is 2.17. The normalized spacial score (nSPS) is 21.3. The molecule has 1 atom stereocenters. The fourth-order valence-electron chi connectivity index (χ4n) is 1.63. The van der Waals surface area contributed by atoms with Crippen molar-refractivity contribution in [1.29, 1.82) is 5.26 Å². The van der Waals surface area contributed by atoms with Crippen molar-refractivity contribution in [3.63, 3.8) is 0 Å². The smallest absolute Gasteiger partial charge is 0.101 e. The third-order valence-corrected chi connectivity index (χ3v) is 3.51. The SMILES string of the molecule is N#Cc1cnccc1C1CCSC1. The summed E-state index contributed by atoms with van der Waals surface area (Å²) in [5, 5.41) is 8.88. The largest absolute Gasteiger partial charge is 0.263 e. The Bertz CT molecular complexity index is 337. The lowest BCUT2D eigenvalue weighted by Gasteiger charge is -2.09. The van der Waals surface area contributed by atoms with Crippen molar-refractivity contribution >= 4 is 11.8 Å². The quantitative estimate of drug-likeness (QED) is 0.681. The topological polar surface area (TPSA) is 36.7 Å². The summed E-state index contributed by atoms with van der Waals surface area (Å²) in [5.41, 5.74) is 1.93. The predicted molar refractivity (Wildman–Crippen MR) is 53.6 cm³/mol. The molecule has 1 aliphatic rings. The molecule has 0 radical (unpaired) electrons. The van der Waals surface area contributed by atoms with Crippen molar-refractivity contribution in [1.82, 2.24) is 4.98 Å². The Balaban J connectivity index is 2.33. The highest BCUT2D eigenvalue weighted by Crippen LogP contribution is 2.33. The van der Waals surface area contributed by atoms with E-state index in [-0.39, 0.29) is 0 Å². The fourth-order valence-corrected chi connectivity index (χ4v) is 2.88. The average molecular weight is 190 g/mol. The summed E-state index contributed by atoms with van der Waals surface area (Å²) in [6.07, 6.45) is 4.64. The van der Waals surface area contributed by atoms with Gasteiger partial charge in [0.05, 0.1) is 5.56 Å². The molecule has 0 N–H and O–H groups in total. The first kappa shape index (κ1) is 8.58. The highest BCUT2D eigenvalue weighted by atomic mass is 32.2. The van der Waals surface area contributed by atoms with E-state index < -0.39 is 0 Å². The highest BCUT2D eigenvalue weighted by Gasteiger charge is 2.19. The van der Waals surface area contributed by atoms with Crippen LogP contribution in [-0.4, -0.2) is 16.5 Å². The molecule has 66 valence electrons. The average Bonchev–Trinajstić information content (AvgIpc) is 2.70. The number of hydrogen-bond acceptors (Lipinski definition) is 3. The van der Waals surface area contributed by atoms with E-state index >= 15 is 0 Å². The minimum absolute atomic E-state index is 0.572. The molecule has 2 rings (SSSR count). The minimum Gasteiger partial charge on any atom is -0.263 e. The summed E-state index contributed by atoms with van der Waals surface area (Å²) < 4.78 is 0. The van der Waals surface area contributed by atoms with E-state index in [4.69, 9.17) is 5.26 Å². The monoisotopic (exact) mass is 190 g/mol. The van der Waals surface area contributed by atoms with E-state index in [1.54, 1.807) is 12.4 Å². The molecule has 0 bridgehead atoms. The Morgan fingerprint density at radius 2 is 2.54 bits per heavy atom. The Labute approximate surface area is 82.0 Å². The Kier molecular flexibility index (Phi) is 2.51. The van der Waals surface area contributed by atoms with Crippen LogP contribution in [0, 0.1) is 11.3 Å². The van der Waals surface area contributed by atoms with Crippen molar-refractivity contribution in [3.8, 4) is 6.07 Å². The van der Waals surface area contributed by atoms with Gasteiger partial charge in [-0.3, -0.25) is 4.98 Å². The third-order valence-electron chi connectivity index (χ3n) is 2.34. The summed E-state index contributed by atoms with van der Waals surface area (Å²) in [5.74, 6) is 2.94.